The lowest BCUT2D eigenvalue weighted by molar-refractivity contribution is -0.151. The Hall–Kier alpha value is -2.53. The molecule has 2 aromatic carbocycles. The number of carbonyl (C=O) groups excluding carboxylic acids is 1. The zero-order chi connectivity index (χ0) is 14.4. The molecule has 0 heterocycles. The van der Waals surface area contributed by atoms with Crippen molar-refractivity contribution in [3.05, 3.63) is 71.8 Å². The van der Waals surface area contributed by atoms with Crippen LogP contribution in [0.4, 0.5) is 0 Å². The second kappa shape index (κ2) is 6.08. The van der Waals surface area contributed by atoms with Gasteiger partial charge in [-0.3, -0.25) is 4.79 Å². The Kier molecular flexibility index (Phi) is 4.22. The van der Waals surface area contributed by atoms with Crippen LogP contribution in [-0.2, 0) is 15.1 Å². The number of benzene rings is 2. The van der Waals surface area contributed by atoms with Crippen LogP contribution in [0.15, 0.2) is 60.7 Å². The smallest absolute Gasteiger partial charge is 0.304 e. The van der Waals surface area contributed by atoms with Crippen molar-refractivity contribution >= 4 is 5.97 Å². The maximum absolute atomic E-state index is 11.4. The summed E-state index contributed by atoms with van der Waals surface area (Å²) in [6.45, 7) is 3.20. The van der Waals surface area contributed by atoms with E-state index in [1.807, 2.05) is 60.7 Å². The second-order valence-corrected chi connectivity index (χ2v) is 4.61. The largest absolute Gasteiger partial charge is 0.442 e. The quantitative estimate of drug-likeness (QED) is 0.613. The van der Waals surface area contributed by atoms with Crippen molar-refractivity contribution in [2.24, 2.45) is 0 Å². The average Bonchev–Trinajstić information content (AvgIpc) is 2.47. The fourth-order valence-electron chi connectivity index (χ4n) is 1.91. The first kappa shape index (κ1) is 13.9. The van der Waals surface area contributed by atoms with Gasteiger partial charge in [0, 0.05) is 18.1 Å². The highest BCUT2D eigenvalue weighted by molar-refractivity contribution is 5.67. The van der Waals surface area contributed by atoms with Gasteiger partial charge in [0.25, 0.3) is 0 Å². The van der Waals surface area contributed by atoms with Crippen LogP contribution in [0.3, 0.4) is 0 Å². The Morgan fingerprint density at radius 3 is 2.10 bits per heavy atom. The molecular weight excluding hydrogens is 248 g/mol. The zero-order valence-electron chi connectivity index (χ0n) is 11.6. The SMILES string of the molecule is CC(=O)O[C@](C)(C#Cc1ccccc1)c1ccccc1. The molecule has 0 saturated heterocycles. The first-order valence-corrected chi connectivity index (χ1v) is 6.43. The molecule has 2 heteroatoms. The lowest BCUT2D eigenvalue weighted by Gasteiger charge is -2.23. The minimum Gasteiger partial charge on any atom is -0.442 e. The van der Waals surface area contributed by atoms with E-state index in [-0.39, 0.29) is 5.97 Å². The first-order chi connectivity index (χ1) is 9.60. The number of hydrogen-bond donors (Lipinski definition) is 0. The van der Waals surface area contributed by atoms with E-state index in [0.717, 1.165) is 11.1 Å². The van der Waals surface area contributed by atoms with Crippen LogP contribution < -0.4 is 0 Å². The molecule has 0 radical (unpaired) electrons. The molecule has 0 aliphatic heterocycles. The van der Waals surface area contributed by atoms with Crippen LogP contribution >= 0.6 is 0 Å². The molecule has 20 heavy (non-hydrogen) atoms. The topological polar surface area (TPSA) is 26.3 Å². The fourth-order valence-corrected chi connectivity index (χ4v) is 1.91. The summed E-state index contributed by atoms with van der Waals surface area (Å²) in [5.74, 6) is 5.78. The lowest BCUT2D eigenvalue weighted by atomic mass is 9.96. The maximum Gasteiger partial charge on any atom is 0.304 e. The normalized spacial score (nSPS) is 12.7. The third-order valence-electron chi connectivity index (χ3n) is 2.89. The van der Waals surface area contributed by atoms with Gasteiger partial charge in [0.2, 0.25) is 0 Å². The van der Waals surface area contributed by atoms with Crippen LogP contribution in [0, 0.1) is 11.8 Å². The van der Waals surface area contributed by atoms with Gasteiger partial charge in [-0.15, -0.1) is 0 Å². The fraction of sp³-hybridized carbons (Fsp3) is 0.167. The number of rotatable bonds is 2. The van der Waals surface area contributed by atoms with Crippen molar-refractivity contribution in [2.45, 2.75) is 19.4 Å². The van der Waals surface area contributed by atoms with Gasteiger partial charge in [0.05, 0.1) is 0 Å². The number of hydrogen-bond acceptors (Lipinski definition) is 2. The van der Waals surface area contributed by atoms with E-state index in [0.29, 0.717) is 0 Å². The average molecular weight is 264 g/mol. The number of ether oxygens (including phenoxy) is 1. The van der Waals surface area contributed by atoms with E-state index in [1.54, 1.807) is 6.92 Å². The Labute approximate surface area is 119 Å². The monoisotopic (exact) mass is 264 g/mol. The minimum absolute atomic E-state index is 0.348. The third kappa shape index (κ3) is 3.49. The highest BCUT2D eigenvalue weighted by Crippen LogP contribution is 2.24. The summed E-state index contributed by atoms with van der Waals surface area (Å²) in [7, 11) is 0. The van der Waals surface area contributed by atoms with Gasteiger partial charge < -0.3 is 4.74 Å². The molecular formula is C18H16O2. The van der Waals surface area contributed by atoms with Crippen LogP contribution in [0.1, 0.15) is 25.0 Å². The summed E-state index contributed by atoms with van der Waals surface area (Å²) in [5.41, 5.74) is 0.809. The number of carbonyl (C=O) groups is 1. The predicted octanol–water partition coefficient (Wildman–Crippen LogP) is 3.52. The summed E-state index contributed by atoms with van der Waals surface area (Å²) in [6, 6.07) is 19.2. The maximum atomic E-state index is 11.4. The molecule has 100 valence electrons. The number of esters is 1. The summed E-state index contributed by atoms with van der Waals surface area (Å²) in [4.78, 5) is 11.4. The molecule has 0 unspecified atom stereocenters. The summed E-state index contributed by atoms with van der Waals surface area (Å²) < 4.78 is 5.43. The zero-order valence-corrected chi connectivity index (χ0v) is 11.6. The summed E-state index contributed by atoms with van der Waals surface area (Å²) in [5, 5.41) is 0. The van der Waals surface area contributed by atoms with Crippen LogP contribution in [-0.4, -0.2) is 5.97 Å². The van der Waals surface area contributed by atoms with Crippen molar-refractivity contribution in [2.75, 3.05) is 0 Å². The van der Waals surface area contributed by atoms with Gasteiger partial charge >= 0.3 is 5.97 Å². The van der Waals surface area contributed by atoms with Gasteiger partial charge in [-0.05, 0) is 25.0 Å². The van der Waals surface area contributed by atoms with Crippen molar-refractivity contribution < 1.29 is 9.53 Å². The molecule has 1 atom stereocenters. The first-order valence-electron chi connectivity index (χ1n) is 6.43. The van der Waals surface area contributed by atoms with E-state index >= 15 is 0 Å². The van der Waals surface area contributed by atoms with E-state index in [1.165, 1.54) is 6.92 Å². The van der Waals surface area contributed by atoms with Crippen LogP contribution in [0.25, 0.3) is 0 Å². The molecule has 0 fully saturated rings. The molecule has 2 aromatic rings. The van der Waals surface area contributed by atoms with Crippen molar-refractivity contribution in [3.8, 4) is 11.8 Å². The molecule has 0 saturated carbocycles. The van der Waals surface area contributed by atoms with E-state index in [9.17, 15) is 4.79 Å². The minimum atomic E-state index is -0.942. The highest BCUT2D eigenvalue weighted by atomic mass is 16.6. The van der Waals surface area contributed by atoms with E-state index in [2.05, 4.69) is 11.8 Å². The third-order valence-corrected chi connectivity index (χ3v) is 2.89. The van der Waals surface area contributed by atoms with E-state index in [4.69, 9.17) is 4.74 Å². The molecule has 0 spiro atoms. The molecule has 0 amide bonds. The lowest BCUT2D eigenvalue weighted by Crippen LogP contribution is -2.26. The summed E-state index contributed by atoms with van der Waals surface area (Å²) in [6.07, 6.45) is 0. The van der Waals surface area contributed by atoms with E-state index < -0.39 is 5.60 Å². The van der Waals surface area contributed by atoms with Gasteiger partial charge in [0.1, 0.15) is 0 Å². The van der Waals surface area contributed by atoms with Crippen molar-refractivity contribution in [1.29, 1.82) is 0 Å². The predicted molar refractivity (Wildman–Crippen MR) is 78.9 cm³/mol. The van der Waals surface area contributed by atoms with Gasteiger partial charge in [-0.1, -0.05) is 54.5 Å². The highest BCUT2D eigenvalue weighted by Gasteiger charge is 2.27. The molecule has 2 nitrogen and oxygen atoms in total. The van der Waals surface area contributed by atoms with Gasteiger partial charge in [-0.25, -0.2) is 0 Å². The van der Waals surface area contributed by atoms with Crippen molar-refractivity contribution in [3.63, 3.8) is 0 Å². The standard InChI is InChI=1S/C18H16O2/c1-15(19)20-18(2,17-11-7-4-8-12-17)14-13-16-9-5-3-6-10-16/h3-12H,1-2H3/t18-/m1/s1. The Morgan fingerprint density at radius 2 is 1.55 bits per heavy atom. The molecule has 2 rings (SSSR count). The Bertz CT molecular complexity index is 635. The molecule has 0 aliphatic rings. The van der Waals surface area contributed by atoms with Crippen molar-refractivity contribution in [1.82, 2.24) is 0 Å². The molecule has 0 N–H and O–H groups in total. The Balaban J connectivity index is 2.39. The molecule has 0 aromatic heterocycles. The molecule has 0 aliphatic carbocycles. The van der Waals surface area contributed by atoms with Gasteiger partial charge in [0.15, 0.2) is 5.60 Å². The van der Waals surface area contributed by atoms with Crippen LogP contribution in [0.5, 0.6) is 0 Å². The second-order valence-electron chi connectivity index (χ2n) is 4.61. The Morgan fingerprint density at radius 1 is 1.00 bits per heavy atom. The molecule has 0 bridgehead atoms. The van der Waals surface area contributed by atoms with Gasteiger partial charge in [-0.2, -0.15) is 0 Å². The van der Waals surface area contributed by atoms with Crippen LogP contribution in [0.2, 0.25) is 0 Å². The summed E-state index contributed by atoms with van der Waals surface area (Å²) >= 11 is 0.